The number of hydrogen-bond acceptors (Lipinski definition) is 14. The standard InChI is InChI=1S/C37H66N2O14/c1-33-28-35(31-38-34(2)40)30-36(29-33)32-39-37(41)4-5-43-8-9-45-12-13-47-16-17-49-20-21-51-24-25-53-27-26-52-23-22-50-19-18-48-15-14-46-11-10-44-7-6-42-3/h28-30H,4-27,31-32H2,1-3H3,(H,38,40)(H,39,41). The molecule has 0 radical (unpaired) electrons. The molecule has 0 aliphatic heterocycles. The van der Waals surface area contributed by atoms with Gasteiger partial charge in [-0.15, -0.1) is 0 Å². The zero-order chi connectivity index (χ0) is 38.3. The van der Waals surface area contributed by atoms with E-state index in [1.165, 1.54) is 6.92 Å². The minimum absolute atomic E-state index is 0.0781. The van der Waals surface area contributed by atoms with E-state index in [0.717, 1.165) is 16.7 Å². The Morgan fingerprint density at radius 1 is 0.434 bits per heavy atom. The van der Waals surface area contributed by atoms with E-state index in [2.05, 4.69) is 10.6 Å². The molecular formula is C37H66N2O14. The first kappa shape index (κ1) is 48.7. The van der Waals surface area contributed by atoms with Crippen LogP contribution in [0.5, 0.6) is 0 Å². The van der Waals surface area contributed by atoms with Gasteiger partial charge in [0.05, 0.1) is 152 Å². The number of rotatable bonds is 40. The summed E-state index contributed by atoms with van der Waals surface area (Å²) in [4.78, 5) is 23.3. The van der Waals surface area contributed by atoms with Crippen molar-refractivity contribution in [2.45, 2.75) is 33.4 Å². The predicted molar refractivity (Wildman–Crippen MR) is 196 cm³/mol. The summed E-state index contributed by atoms with van der Waals surface area (Å²) in [6.07, 6.45) is 0.268. The predicted octanol–water partition coefficient (Wildman–Crippen LogP) is 1.47. The first-order valence-corrected chi connectivity index (χ1v) is 18.5. The van der Waals surface area contributed by atoms with Gasteiger partial charge in [-0.25, -0.2) is 0 Å². The highest BCUT2D eigenvalue weighted by Gasteiger charge is 2.05. The van der Waals surface area contributed by atoms with Crippen LogP contribution < -0.4 is 10.6 Å². The van der Waals surface area contributed by atoms with Gasteiger partial charge in [-0.1, -0.05) is 23.8 Å². The largest absolute Gasteiger partial charge is 0.382 e. The third kappa shape index (κ3) is 35.2. The van der Waals surface area contributed by atoms with E-state index in [0.29, 0.717) is 165 Å². The Kier molecular flexibility index (Phi) is 34.9. The summed E-state index contributed by atoms with van der Waals surface area (Å²) in [5, 5.41) is 5.69. The molecule has 0 unspecified atom stereocenters. The van der Waals surface area contributed by atoms with Crippen molar-refractivity contribution in [2.24, 2.45) is 0 Å². The highest BCUT2D eigenvalue weighted by atomic mass is 16.6. The first-order valence-electron chi connectivity index (χ1n) is 18.5. The molecule has 16 nitrogen and oxygen atoms in total. The molecule has 2 amide bonds. The van der Waals surface area contributed by atoms with Crippen LogP contribution in [-0.4, -0.2) is 171 Å². The van der Waals surface area contributed by atoms with Gasteiger partial charge < -0.3 is 67.5 Å². The van der Waals surface area contributed by atoms with E-state index < -0.39 is 0 Å². The summed E-state index contributed by atoms with van der Waals surface area (Å²) in [5.41, 5.74) is 3.06. The van der Waals surface area contributed by atoms with Gasteiger partial charge >= 0.3 is 0 Å². The number of benzene rings is 1. The Bertz CT molecular complexity index is 991. The summed E-state index contributed by atoms with van der Waals surface area (Å²) >= 11 is 0. The van der Waals surface area contributed by atoms with Crippen LogP contribution in [0.2, 0.25) is 0 Å². The summed E-state index contributed by atoms with van der Waals surface area (Å²) in [6, 6.07) is 6.01. The Morgan fingerprint density at radius 3 is 1.02 bits per heavy atom. The van der Waals surface area contributed by atoms with Crippen LogP contribution in [0, 0.1) is 6.92 Å². The van der Waals surface area contributed by atoms with Gasteiger partial charge in [0.25, 0.3) is 0 Å². The molecular weight excluding hydrogens is 696 g/mol. The van der Waals surface area contributed by atoms with E-state index in [9.17, 15) is 9.59 Å². The molecule has 0 aliphatic rings. The van der Waals surface area contributed by atoms with Gasteiger partial charge in [0, 0.05) is 33.5 Å². The van der Waals surface area contributed by atoms with E-state index in [1.54, 1.807) is 7.11 Å². The Labute approximate surface area is 316 Å². The summed E-state index contributed by atoms with van der Waals surface area (Å²) < 4.78 is 64.9. The normalized spacial score (nSPS) is 11.3. The molecule has 0 heterocycles. The van der Waals surface area contributed by atoms with Crippen molar-refractivity contribution in [2.75, 3.05) is 159 Å². The molecule has 2 N–H and O–H groups in total. The van der Waals surface area contributed by atoms with Crippen molar-refractivity contribution >= 4 is 11.8 Å². The molecule has 1 aromatic carbocycles. The second kappa shape index (κ2) is 38.0. The molecule has 0 aromatic heterocycles. The number of amides is 2. The molecule has 0 fully saturated rings. The van der Waals surface area contributed by atoms with Gasteiger partial charge in [0.2, 0.25) is 11.8 Å². The lowest BCUT2D eigenvalue weighted by molar-refractivity contribution is -0.122. The lowest BCUT2D eigenvalue weighted by Crippen LogP contribution is -2.24. The molecule has 1 rings (SSSR count). The van der Waals surface area contributed by atoms with Gasteiger partial charge in [-0.3, -0.25) is 9.59 Å². The molecule has 1 aromatic rings. The average molecular weight is 763 g/mol. The van der Waals surface area contributed by atoms with E-state index >= 15 is 0 Å². The molecule has 0 saturated heterocycles. The topological polar surface area (TPSA) is 169 Å². The number of methoxy groups -OCH3 is 1. The van der Waals surface area contributed by atoms with Crippen LogP contribution in [0.3, 0.4) is 0 Å². The Hall–Kier alpha value is -2.32. The number of carbonyl (C=O) groups is 2. The van der Waals surface area contributed by atoms with Crippen molar-refractivity contribution in [1.29, 1.82) is 0 Å². The summed E-state index contributed by atoms with van der Waals surface area (Å²) in [5.74, 6) is -0.164. The second-order valence-electron chi connectivity index (χ2n) is 11.5. The number of carbonyl (C=O) groups excluding carboxylic acids is 2. The molecule has 53 heavy (non-hydrogen) atoms. The molecule has 0 aliphatic carbocycles. The number of aryl methyl sites for hydroxylation is 1. The summed E-state index contributed by atoms with van der Waals surface area (Å²) in [6.45, 7) is 15.6. The summed E-state index contributed by atoms with van der Waals surface area (Å²) in [7, 11) is 1.64. The van der Waals surface area contributed by atoms with Crippen molar-refractivity contribution in [1.82, 2.24) is 10.6 Å². The lowest BCUT2D eigenvalue weighted by Gasteiger charge is -2.10. The van der Waals surface area contributed by atoms with Gasteiger partial charge in [-0.2, -0.15) is 0 Å². The van der Waals surface area contributed by atoms with Crippen LogP contribution >= 0.6 is 0 Å². The van der Waals surface area contributed by atoms with Gasteiger partial charge in [0.1, 0.15) is 0 Å². The minimum Gasteiger partial charge on any atom is -0.382 e. The van der Waals surface area contributed by atoms with Crippen LogP contribution in [0.4, 0.5) is 0 Å². The maximum atomic E-state index is 12.1. The van der Waals surface area contributed by atoms with Crippen molar-refractivity contribution in [3.63, 3.8) is 0 Å². The van der Waals surface area contributed by atoms with Crippen molar-refractivity contribution in [3.8, 4) is 0 Å². The zero-order valence-corrected chi connectivity index (χ0v) is 32.3. The second-order valence-corrected chi connectivity index (χ2v) is 11.5. The monoisotopic (exact) mass is 762 g/mol. The maximum Gasteiger partial charge on any atom is 0.222 e. The molecule has 0 bridgehead atoms. The van der Waals surface area contributed by atoms with E-state index in [-0.39, 0.29) is 18.2 Å². The highest BCUT2D eigenvalue weighted by Crippen LogP contribution is 2.10. The third-order valence-electron chi connectivity index (χ3n) is 6.85. The van der Waals surface area contributed by atoms with Gasteiger partial charge in [0.15, 0.2) is 0 Å². The number of ether oxygens (including phenoxy) is 12. The highest BCUT2D eigenvalue weighted by molar-refractivity contribution is 5.76. The fraction of sp³-hybridized carbons (Fsp3) is 0.784. The third-order valence-corrected chi connectivity index (χ3v) is 6.85. The first-order chi connectivity index (χ1) is 26.0. The average Bonchev–Trinajstić information content (AvgIpc) is 3.14. The molecule has 0 saturated carbocycles. The van der Waals surface area contributed by atoms with Crippen LogP contribution in [-0.2, 0) is 79.5 Å². The quantitative estimate of drug-likeness (QED) is 0.0923. The van der Waals surface area contributed by atoms with Gasteiger partial charge in [-0.05, 0) is 18.1 Å². The van der Waals surface area contributed by atoms with Crippen LogP contribution in [0.25, 0.3) is 0 Å². The number of hydrogen-bond donors (Lipinski definition) is 2. The fourth-order valence-corrected chi connectivity index (χ4v) is 4.28. The molecule has 308 valence electrons. The van der Waals surface area contributed by atoms with E-state index in [1.807, 2.05) is 25.1 Å². The van der Waals surface area contributed by atoms with Crippen molar-refractivity contribution < 1.29 is 66.4 Å². The Morgan fingerprint density at radius 2 is 0.717 bits per heavy atom. The van der Waals surface area contributed by atoms with Crippen molar-refractivity contribution in [3.05, 3.63) is 34.9 Å². The molecule has 0 atom stereocenters. The fourth-order valence-electron chi connectivity index (χ4n) is 4.28. The maximum absolute atomic E-state index is 12.1. The Balaban J connectivity index is 1.72. The lowest BCUT2D eigenvalue weighted by atomic mass is 10.1. The minimum atomic E-state index is -0.0864. The van der Waals surface area contributed by atoms with Crippen LogP contribution in [0.15, 0.2) is 18.2 Å². The zero-order valence-electron chi connectivity index (χ0n) is 32.3. The van der Waals surface area contributed by atoms with E-state index in [4.69, 9.17) is 56.8 Å². The smallest absolute Gasteiger partial charge is 0.222 e. The van der Waals surface area contributed by atoms with Crippen LogP contribution in [0.1, 0.15) is 30.0 Å². The molecule has 16 heteroatoms. The molecule has 0 spiro atoms. The number of nitrogens with one attached hydrogen (secondary N) is 2. The SMILES string of the molecule is COCCOCCOCCOCCOCCOCCOCCOCCOCCOCCOCCOCCC(=O)NCc1cc(C)cc(CNC(C)=O)c1.